The Balaban J connectivity index is 1.96. The fourth-order valence-electron chi connectivity index (χ4n) is 2.57. The molecule has 1 aliphatic heterocycles. The minimum absolute atomic E-state index is 0.199. The van der Waals surface area contributed by atoms with Crippen molar-refractivity contribution >= 4 is 0 Å². The van der Waals surface area contributed by atoms with E-state index in [1.54, 1.807) is 23.3 Å². The lowest BCUT2D eigenvalue weighted by Gasteiger charge is -2.17. The maximum absolute atomic E-state index is 9.90. The van der Waals surface area contributed by atoms with Gasteiger partial charge in [-0.25, -0.2) is 9.97 Å². The van der Waals surface area contributed by atoms with Crippen molar-refractivity contribution in [1.82, 2.24) is 19.5 Å². The third-order valence-electron chi connectivity index (χ3n) is 3.74. The molecule has 9 nitrogen and oxygen atoms in total. The summed E-state index contributed by atoms with van der Waals surface area (Å²) < 4.78 is 17.7. The number of ether oxygens (including phenoxy) is 3. The molecule has 0 radical (unpaired) electrons. The lowest BCUT2D eigenvalue weighted by molar-refractivity contribution is -0.0438. The smallest absolute Gasteiger partial charge is 0.319 e. The molecular weight excluding hydrogens is 304 g/mol. The molecule has 1 fully saturated rings. The van der Waals surface area contributed by atoms with Gasteiger partial charge in [0.05, 0.1) is 50.7 Å². The molecule has 1 saturated heterocycles. The molecule has 3 heterocycles. The van der Waals surface area contributed by atoms with Crippen molar-refractivity contribution in [2.24, 2.45) is 0 Å². The summed E-state index contributed by atoms with van der Waals surface area (Å²) in [5.41, 5.74) is 1.30. The molecule has 2 aromatic rings. The first-order chi connectivity index (χ1) is 11.2. The van der Waals surface area contributed by atoms with Gasteiger partial charge in [0.1, 0.15) is 12.3 Å². The number of rotatable bonds is 5. The van der Waals surface area contributed by atoms with Crippen molar-refractivity contribution in [2.75, 3.05) is 20.8 Å². The van der Waals surface area contributed by atoms with E-state index in [0.29, 0.717) is 23.6 Å². The first kappa shape index (κ1) is 15.7. The Morgan fingerprint density at radius 1 is 1.35 bits per heavy atom. The van der Waals surface area contributed by atoms with E-state index in [2.05, 4.69) is 15.0 Å². The molecule has 0 unspecified atom stereocenters. The van der Waals surface area contributed by atoms with Crippen LogP contribution in [0.1, 0.15) is 12.6 Å². The van der Waals surface area contributed by atoms with Gasteiger partial charge >= 0.3 is 6.01 Å². The molecule has 9 heteroatoms. The van der Waals surface area contributed by atoms with Crippen LogP contribution in [0.3, 0.4) is 0 Å². The zero-order valence-corrected chi connectivity index (χ0v) is 12.8. The Morgan fingerprint density at radius 3 is 2.83 bits per heavy atom. The van der Waals surface area contributed by atoms with Gasteiger partial charge in [-0.3, -0.25) is 0 Å². The van der Waals surface area contributed by atoms with E-state index in [-0.39, 0.29) is 12.6 Å². The number of aliphatic hydroxyl groups is 2. The summed E-state index contributed by atoms with van der Waals surface area (Å²) in [7, 11) is 2.98. The first-order valence-corrected chi connectivity index (χ1v) is 7.09. The number of imidazole rings is 1. The number of hydrogen-bond donors (Lipinski definition) is 2. The number of aliphatic hydroxyl groups excluding tert-OH is 2. The Kier molecular flexibility index (Phi) is 4.42. The Bertz CT molecular complexity index is 677. The van der Waals surface area contributed by atoms with Gasteiger partial charge in [0.15, 0.2) is 0 Å². The summed E-state index contributed by atoms with van der Waals surface area (Å²) in [6.45, 7) is -0.239. The van der Waals surface area contributed by atoms with E-state index in [9.17, 15) is 10.2 Å². The molecule has 0 saturated carbocycles. The Hall–Kier alpha value is -2.23. The van der Waals surface area contributed by atoms with Crippen molar-refractivity contribution in [1.29, 1.82) is 0 Å². The quantitative estimate of drug-likeness (QED) is 0.791. The van der Waals surface area contributed by atoms with Gasteiger partial charge in [0, 0.05) is 12.6 Å². The minimum atomic E-state index is -0.728. The van der Waals surface area contributed by atoms with Crippen LogP contribution in [0.5, 0.6) is 11.9 Å². The number of hydrogen-bond acceptors (Lipinski definition) is 8. The molecule has 124 valence electrons. The molecule has 0 bridgehead atoms. The summed E-state index contributed by atoms with van der Waals surface area (Å²) in [5.74, 6) is 0.343. The van der Waals surface area contributed by atoms with E-state index in [1.165, 1.54) is 14.2 Å². The molecule has 23 heavy (non-hydrogen) atoms. The largest absolute Gasteiger partial charge is 0.480 e. The van der Waals surface area contributed by atoms with Gasteiger partial charge in [0.25, 0.3) is 0 Å². The van der Waals surface area contributed by atoms with Crippen LogP contribution in [-0.4, -0.2) is 62.8 Å². The van der Waals surface area contributed by atoms with Crippen LogP contribution in [0.15, 0.2) is 18.7 Å². The van der Waals surface area contributed by atoms with Crippen molar-refractivity contribution in [3.8, 4) is 23.1 Å². The second-order valence-corrected chi connectivity index (χ2v) is 5.08. The van der Waals surface area contributed by atoms with Crippen LogP contribution in [0, 0.1) is 0 Å². The molecule has 3 rings (SSSR count). The SMILES string of the molecule is COc1ncc(-c2cncn2[C@H]2C[C@H](O)[C@@H](CO)O2)c(OC)n1. The van der Waals surface area contributed by atoms with Crippen LogP contribution in [0.25, 0.3) is 11.3 Å². The predicted molar refractivity (Wildman–Crippen MR) is 78.0 cm³/mol. The van der Waals surface area contributed by atoms with Crippen molar-refractivity contribution < 1.29 is 24.4 Å². The highest BCUT2D eigenvalue weighted by Crippen LogP contribution is 2.35. The lowest BCUT2D eigenvalue weighted by Crippen LogP contribution is -2.24. The Morgan fingerprint density at radius 2 is 2.17 bits per heavy atom. The minimum Gasteiger partial charge on any atom is -0.480 e. The monoisotopic (exact) mass is 322 g/mol. The average Bonchev–Trinajstić information content (AvgIpc) is 3.20. The normalized spacial score (nSPS) is 23.9. The molecule has 2 N–H and O–H groups in total. The number of nitrogens with zero attached hydrogens (tertiary/aromatic N) is 4. The predicted octanol–water partition coefficient (Wildman–Crippen LogP) is -0.00200. The van der Waals surface area contributed by atoms with Crippen LogP contribution in [0.4, 0.5) is 0 Å². The second-order valence-electron chi connectivity index (χ2n) is 5.08. The van der Waals surface area contributed by atoms with Crippen molar-refractivity contribution in [3.63, 3.8) is 0 Å². The fraction of sp³-hybridized carbons (Fsp3) is 0.500. The molecule has 2 aromatic heterocycles. The van der Waals surface area contributed by atoms with Crippen LogP contribution in [0.2, 0.25) is 0 Å². The third kappa shape index (κ3) is 2.85. The van der Waals surface area contributed by atoms with Gasteiger partial charge in [-0.1, -0.05) is 0 Å². The zero-order valence-electron chi connectivity index (χ0n) is 12.8. The number of methoxy groups -OCH3 is 2. The molecular formula is C14H18N4O5. The number of aromatic nitrogens is 4. The standard InChI is InChI=1S/C14H18N4O5/c1-21-13-8(4-16-14(17-13)22-2)9-5-15-7-18(9)12-3-10(20)11(6-19)23-12/h4-5,7,10-12,19-20H,3,6H2,1-2H3/t10-,11+,12+/m0/s1. The van der Waals surface area contributed by atoms with E-state index < -0.39 is 18.4 Å². The summed E-state index contributed by atoms with van der Waals surface area (Å²) in [6.07, 6.45) is 3.39. The molecule has 3 atom stereocenters. The highest BCUT2D eigenvalue weighted by Gasteiger charge is 2.35. The second kappa shape index (κ2) is 6.49. The fourth-order valence-corrected chi connectivity index (χ4v) is 2.57. The van der Waals surface area contributed by atoms with Crippen LogP contribution >= 0.6 is 0 Å². The van der Waals surface area contributed by atoms with E-state index in [0.717, 1.165) is 0 Å². The van der Waals surface area contributed by atoms with Crippen LogP contribution < -0.4 is 9.47 Å². The molecule has 0 aromatic carbocycles. The maximum atomic E-state index is 9.90. The van der Waals surface area contributed by atoms with Gasteiger partial charge in [-0.15, -0.1) is 0 Å². The maximum Gasteiger partial charge on any atom is 0.319 e. The van der Waals surface area contributed by atoms with Gasteiger partial charge in [-0.2, -0.15) is 4.98 Å². The van der Waals surface area contributed by atoms with E-state index in [4.69, 9.17) is 14.2 Å². The molecule has 0 spiro atoms. The van der Waals surface area contributed by atoms with E-state index >= 15 is 0 Å². The first-order valence-electron chi connectivity index (χ1n) is 7.09. The Labute approximate surface area is 132 Å². The zero-order chi connectivity index (χ0) is 16.4. The summed E-state index contributed by atoms with van der Waals surface area (Å²) in [5, 5.41) is 19.1. The molecule has 0 amide bonds. The van der Waals surface area contributed by atoms with Crippen molar-refractivity contribution in [3.05, 3.63) is 18.7 Å². The third-order valence-corrected chi connectivity index (χ3v) is 3.74. The van der Waals surface area contributed by atoms with Crippen LogP contribution in [-0.2, 0) is 4.74 Å². The van der Waals surface area contributed by atoms with Gasteiger partial charge < -0.3 is 29.0 Å². The lowest BCUT2D eigenvalue weighted by atomic mass is 10.2. The highest BCUT2D eigenvalue weighted by molar-refractivity contribution is 5.64. The van der Waals surface area contributed by atoms with Gasteiger partial charge in [0.2, 0.25) is 5.88 Å². The summed E-state index contributed by atoms with van der Waals surface area (Å²) >= 11 is 0. The highest BCUT2D eigenvalue weighted by atomic mass is 16.5. The van der Waals surface area contributed by atoms with Gasteiger partial charge in [-0.05, 0) is 0 Å². The molecule has 0 aliphatic carbocycles. The average molecular weight is 322 g/mol. The summed E-state index contributed by atoms with van der Waals surface area (Å²) in [6, 6.07) is 0.199. The van der Waals surface area contributed by atoms with Crippen molar-refractivity contribution in [2.45, 2.75) is 24.9 Å². The topological polar surface area (TPSA) is 112 Å². The van der Waals surface area contributed by atoms with E-state index in [1.807, 2.05) is 0 Å². The summed E-state index contributed by atoms with van der Waals surface area (Å²) in [4.78, 5) is 12.4. The molecule has 1 aliphatic rings.